The van der Waals surface area contributed by atoms with Crippen LogP contribution in [-0.2, 0) is 11.2 Å². The summed E-state index contributed by atoms with van der Waals surface area (Å²) < 4.78 is 5.54. The molecule has 1 heterocycles. The average molecular weight is 394 g/mol. The highest BCUT2D eigenvalue weighted by molar-refractivity contribution is 5.76. The first-order chi connectivity index (χ1) is 14.2. The van der Waals surface area contributed by atoms with Crippen LogP contribution < -0.4 is 11.1 Å². The molecular formula is C23H29N4O2+. The fourth-order valence-corrected chi connectivity index (χ4v) is 3.15. The van der Waals surface area contributed by atoms with E-state index in [9.17, 15) is 4.79 Å². The van der Waals surface area contributed by atoms with Crippen molar-refractivity contribution in [2.75, 3.05) is 6.54 Å². The highest BCUT2D eigenvalue weighted by atomic mass is 16.5. The molecule has 0 spiro atoms. The summed E-state index contributed by atoms with van der Waals surface area (Å²) in [6.45, 7) is 2.94. The predicted octanol–water partition coefficient (Wildman–Crippen LogP) is 3.25. The molecule has 2 aromatic carbocycles. The zero-order valence-corrected chi connectivity index (χ0v) is 16.9. The molecule has 4 N–H and O–H groups in total. The van der Waals surface area contributed by atoms with Gasteiger partial charge in [0.25, 0.3) is 0 Å². The van der Waals surface area contributed by atoms with E-state index in [0.717, 1.165) is 36.9 Å². The van der Waals surface area contributed by atoms with E-state index in [-0.39, 0.29) is 11.9 Å². The number of nitrogens with zero attached hydrogens (tertiary/aromatic N) is 2. The molecule has 0 aliphatic carbocycles. The summed E-state index contributed by atoms with van der Waals surface area (Å²) >= 11 is 0. The number of nitrogens with one attached hydrogen (secondary N) is 1. The Morgan fingerprint density at radius 1 is 1.07 bits per heavy atom. The second kappa shape index (κ2) is 10.5. The van der Waals surface area contributed by atoms with E-state index >= 15 is 0 Å². The molecule has 1 amide bonds. The third-order valence-electron chi connectivity index (χ3n) is 4.82. The summed E-state index contributed by atoms with van der Waals surface area (Å²) in [7, 11) is 0. The van der Waals surface area contributed by atoms with Gasteiger partial charge in [-0.1, -0.05) is 65.3 Å². The molecule has 0 saturated carbocycles. The van der Waals surface area contributed by atoms with Crippen LogP contribution in [0.4, 0.5) is 0 Å². The van der Waals surface area contributed by atoms with Gasteiger partial charge in [-0.3, -0.25) is 4.79 Å². The predicted molar refractivity (Wildman–Crippen MR) is 112 cm³/mol. The Bertz CT molecular complexity index is 891. The number of unbranched alkanes of at least 4 members (excludes halogenated alkanes) is 2. The van der Waals surface area contributed by atoms with E-state index in [1.54, 1.807) is 0 Å². The van der Waals surface area contributed by atoms with Gasteiger partial charge in [0, 0.05) is 18.4 Å². The van der Waals surface area contributed by atoms with E-state index in [4.69, 9.17) is 4.52 Å². The number of hydrogen-bond donors (Lipinski definition) is 2. The lowest BCUT2D eigenvalue weighted by molar-refractivity contribution is -0.368. The first-order valence-electron chi connectivity index (χ1n) is 10.2. The fraction of sp³-hybridized carbons (Fsp3) is 0.348. The van der Waals surface area contributed by atoms with Crippen molar-refractivity contribution in [2.24, 2.45) is 0 Å². The number of hydrogen-bond acceptors (Lipinski definition) is 4. The Kier molecular flexibility index (Phi) is 7.53. The van der Waals surface area contributed by atoms with Crippen LogP contribution in [-0.4, -0.2) is 22.6 Å². The standard InChI is InChI=1S/C23H28N4O2/c1-17-11-13-19(14-12-17)22-26-23(29-27-22)20(16-18-8-4-2-5-9-18)25-21(28)10-6-3-7-15-24/h2,4-5,8-9,11-14,20H,3,6-7,10,15-16,24H2,1H3,(H,25,28)/p+1. The van der Waals surface area contributed by atoms with Crippen molar-refractivity contribution in [1.29, 1.82) is 0 Å². The minimum Gasteiger partial charge on any atom is -0.358 e. The molecule has 0 fully saturated rings. The van der Waals surface area contributed by atoms with Crippen molar-refractivity contribution in [1.82, 2.24) is 15.5 Å². The lowest BCUT2D eigenvalue weighted by Gasteiger charge is -2.15. The van der Waals surface area contributed by atoms with Gasteiger partial charge in [-0.05, 0) is 31.7 Å². The smallest absolute Gasteiger partial charge is 0.249 e. The molecule has 0 bridgehead atoms. The minimum atomic E-state index is -0.357. The van der Waals surface area contributed by atoms with Gasteiger partial charge in [-0.25, -0.2) is 0 Å². The van der Waals surface area contributed by atoms with Gasteiger partial charge in [-0.15, -0.1) is 0 Å². The first-order valence-corrected chi connectivity index (χ1v) is 10.2. The monoisotopic (exact) mass is 393 g/mol. The van der Waals surface area contributed by atoms with Crippen LogP contribution in [0.2, 0.25) is 0 Å². The summed E-state index contributed by atoms with van der Waals surface area (Å²) in [4.78, 5) is 17.0. The molecule has 152 valence electrons. The topological polar surface area (TPSA) is 95.7 Å². The minimum absolute atomic E-state index is 0.00470. The van der Waals surface area contributed by atoms with E-state index in [1.165, 1.54) is 5.56 Å². The van der Waals surface area contributed by atoms with Gasteiger partial charge in [0.2, 0.25) is 17.6 Å². The Morgan fingerprint density at radius 3 is 2.55 bits per heavy atom. The van der Waals surface area contributed by atoms with Crippen LogP contribution in [0.5, 0.6) is 0 Å². The molecule has 6 nitrogen and oxygen atoms in total. The number of benzene rings is 2. The van der Waals surface area contributed by atoms with Gasteiger partial charge in [0.15, 0.2) is 0 Å². The molecule has 0 saturated heterocycles. The molecule has 1 atom stereocenters. The quantitative estimate of drug-likeness (QED) is 0.517. The van der Waals surface area contributed by atoms with E-state index in [0.29, 0.717) is 24.6 Å². The SMILES string of the molecule is Cc1ccc(-c2noc(C(Cc3ccccc3)NC(=O)CCCCC[NH3+])n2)cc1. The number of quaternary nitrogens is 1. The molecule has 0 aliphatic heterocycles. The van der Waals surface area contributed by atoms with Crippen LogP contribution in [0.1, 0.15) is 48.7 Å². The fourth-order valence-electron chi connectivity index (χ4n) is 3.15. The summed E-state index contributed by atoms with van der Waals surface area (Å²) in [5.74, 6) is 0.961. The van der Waals surface area contributed by atoms with Crippen LogP contribution in [0.25, 0.3) is 11.4 Å². The molecular weight excluding hydrogens is 364 g/mol. The second-order valence-corrected chi connectivity index (χ2v) is 7.30. The molecule has 3 rings (SSSR count). The molecule has 1 aromatic heterocycles. The number of amides is 1. The van der Waals surface area contributed by atoms with Gasteiger partial charge in [0.1, 0.15) is 6.04 Å². The highest BCUT2D eigenvalue weighted by Crippen LogP contribution is 2.22. The Morgan fingerprint density at radius 2 is 1.83 bits per heavy atom. The van der Waals surface area contributed by atoms with Crippen molar-refractivity contribution in [2.45, 2.75) is 45.1 Å². The number of carbonyl (C=O) groups is 1. The van der Waals surface area contributed by atoms with Crippen molar-refractivity contribution in [3.63, 3.8) is 0 Å². The number of aromatic nitrogens is 2. The van der Waals surface area contributed by atoms with Crippen LogP contribution >= 0.6 is 0 Å². The second-order valence-electron chi connectivity index (χ2n) is 7.30. The third-order valence-corrected chi connectivity index (χ3v) is 4.82. The van der Waals surface area contributed by atoms with E-state index < -0.39 is 0 Å². The van der Waals surface area contributed by atoms with Crippen molar-refractivity contribution < 1.29 is 15.1 Å². The first kappa shape index (κ1) is 20.7. The largest absolute Gasteiger partial charge is 0.358 e. The zero-order chi connectivity index (χ0) is 20.5. The van der Waals surface area contributed by atoms with Crippen LogP contribution in [0, 0.1) is 6.92 Å². The Balaban J connectivity index is 1.74. The zero-order valence-electron chi connectivity index (χ0n) is 16.9. The van der Waals surface area contributed by atoms with Crippen molar-refractivity contribution >= 4 is 5.91 Å². The van der Waals surface area contributed by atoms with Gasteiger partial charge in [-0.2, -0.15) is 4.98 Å². The molecule has 6 heteroatoms. The summed E-state index contributed by atoms with van der Waals surface area (Å²) in [6.07, 6.45) is 4.01. The normalized spacial score (nSPS) is 11.9. The number of aryl methyl sites for hydroxylation is 1. The molecule has 29 heavy (non-hydrogen) atoms. The third kappa shape index (κ3) is 6.26. The highest BCUT2D eigenvalue weighted by Gasteiger charge is 2.22. The van der Waals surface area contributed by atoms with Crippen molar-refractivity contribution in [3.8, 4) is 11.4 Å². The molecule has 1 unspecified atom stereocenters. The molecule has 0 aliphatic rings. The van der Waals surface area contributed by atoms with Crippen LogP contribution in [0.15, 0.2) is 59.1 Å². The van der Waals surface area contributed by atoms with Gasteiger partial charge in [0.05, 0.1) is 6.54 Å². The summed E-state index contributed by atoms with van der Waals surface area (Å²) in [6, 6.07) is 17.6. The van der Waals surface area contributed by atoms with Gasteiger partial charge >= 0.3 is 0 Å². The number of rotatable bonds is 10. The van der Waals surface area contributed by atoms with E-state index in [1.807, 2.05) is 61.5 Å². The summed E-state index contributed by atoms with van der Waals surface area (Å²) in [5, 5.41) is 7.21. The van der Waals surface area contributed by atoms with Gasteiger partial charge < -0.3 is 15.6 Å². The molecule has 3 aromatic rings. The molecule has 0 radical (unpaired) electrons. The maximum Gasteiger partial charge on any atom is 0.249 e. The summed E-state index contributed by atoms with van der Waals surface area (Å²) in [5.41, 5.74) is 7.01. The maximum absolute atomic E-state index is 12.5. The Labute approximate surface area is 171 Å². The van der Waals surface area contributed by atoms with E-state index in [2.05, 4.69) is 21.2 Å². The maximum atomic E-state index is 12.5. The van der Waals surface area contributed by atoms with Crippen molar-refractivity contribution in [3.05, 3.63) is 71.6 Å². The lowest BCUT2D eigenvalue weighted by atomic mass is 10.1. The lowest BCUT2D eigenvalue weighted by Crippen LogP contribution is -2.50. The number of carbonyl (C=O) groups excluding carboxylic acids is 1. The van der Waals surface area contributed by atoms with Crippen LogP contribution in [0.3, 0.4) is 0 Å². The Hall–Kier alpha value is -2.99. The average Bonchev–Trinajstić information content (AvgIpc) is 3.22.